The summed E-state index contributed by atoms with van der Waals surface area (Å²) >= 11 is 0. The third-order valence-corrected chi connectivity index (χ3v) is 5.83. The molecule has 0 saturated heterocycles. The van der Waals surface area contributed by atoms with Gasteiger partial charge in [-0.1, -0.05) is 102 Å². The summed E-state index contributed by atoms with van der Waals surface area (Å²) in [7, 11) is 0. The van der Waals surface area contributed by atoms with Crippen LogP contribution in [-0.2, 0) is 0 Å². The first-order valence-electron chi connectivity index (χ1n) is 11.6. The number of carbonyl (C=O) groups is 1. The number of nitrogens with one attached hydrogen (secondary N) is 2. The molecule has 164 valence electrons. The third kappa shape index (κ3) is 6.90. The minimum atomic E-state index is -0.113. The van der Waals surface area contributed by atoms with Gasteiger partial charge in [-0.2, -0.15) is 0 Å². The number of unbranched alkanes of at least 4 members (excludes halogenated alkanes) is 2. The Kier molecular flexibility index (Phi) is 9.42. The maximum Gasteiger partial charge on any atom is 0.319 e. The van der Waals surface area contributed by atoms with Crippen LogP contribution in [0.15, 0.2) is 42.5 Å². The Balaban J connectivity index is 2.11. The van der Waals surface area contributed by atoms with E-state index in [1.807, 2.05) is 0 Å². The number of amides is 2. The molecule has 0 radical (unpaired) electrons. The minimum Gasteiger partial charge on any atom is -0.337 e. The first-order chi connectivity index (χ1) is 14.3. The van der Waals surface area contributed by atoms with Crippen molar-refractivity contribution in [3.8, 4) is 0 Å². The van der Waals surface area contributed by atoms with Crippen LogP contribution in [0.3, 0.4) is 0 Å². The Morgan fingerprint density at radius 3 is 2.03 bits per heavy atom. The standard InChI is InChI=1S/C27H40N2O/c1-7-8-9-11-23(22-16-14-21(6)15-17-22)18-28-27(30)29-26-24(19(2)3)12-10-13-25(26)20(4)5/h10,12-17,19-20,23H,7-9,11,18H2,1-6H3,(H2,28,29,30). The predicted molar refractivity (Wildman–Crippen MR) is 130 cm³/mol. The van der Waals surface area contributed by atoms with Gasteiger partial charge in [0.25, 0.3) is 0 Å². The first-order valence-corrected chi connectivity index (χ1v) is 11.6. The van der Waals surface area contributed by atoms with Gasteiger partial charge in [-0.3, -0.25) is 0 Å². The van der Waals surface area contributed by atoms with E-state index in [4.69, 9.17) is 0 Å². The van der Waals surface area contributed by atoms with Crippen LogP contribution in [0.1, 0.15) is 100 Å². The number of anilines is 1. The van der Waals surface area contributed by atoms with Gasteiger partial charge in [0.1, 0.15) is 0 Å². The van der Waals surface area contributed by atoms with Gasteiger partial charge < -0.3 is 10.6 Å². The van der Waals surface area contributed by atoms with Crippen molar-refractivity contribution in [2.24, 2.45) is 0 Å². The molecule has 30 heavy (non-hydrogen) atoms. The topological polar surface area (TPSA) is 41.1 Å². The van der Waals surface area contributed by atoms with Crippen LogP contribution in [0.5, 0.6) is 0 Å². The fraction of sp³-hybridized carbons (Fsp3) is 0.519. The largest absolute Gasteiger partial charge is 0.337 e. The van der Waals surface area contributed by atoms with Crippen LogP contribution in [0.25, 0.3) is 0 Å². The van der Waals surface area contributed by atoms with Gasteiger partial charge >= 0.3 is 6.03 Å². The van der Waals surface area contributed by atoms with Crippen LogP contribution in [-0.4, -0.2) is 12.6 Å². The van der Waals surface area contributed by atoms with Crippen molar-refractivity contribution in [2.75, 3.05) is 11.9 Å². The van der Waals surface area contributed by atoms with Crippen molar-refractivity contribution < 1.29 is 4.79 Å². The Hall–Kier alpha value is -2.29. The maximum absolute atomic E-state index is 12.9. The predicted octanol–water partition coefficient (Wildman–Crippen LogP) is 7.73. The second-order valence-corrected chi connectivity index (χ2v) is 9.06. The van der Waals surface area contributed by atoms with E-state index in [0.717, 1.165) is 12.1 Å². The van der Waals surface area contributed by atoms with Gasteiger partial charge in [-0.05, 0) is 41.9 Å². The highest BCUT2D eigenvalue weighted by Gasteiger charge is 2.17. The lowest BCUT2D eigenvalue weighted by molar-refractivity contribution is 0.251. The molecule has 0 spiro atoms. The van der Waals surface area contributed by atoms with E-state index < -0.39 is 0 Å². The van der Waals surface area contributed by atoms with Crippen LogP contribution in [0, 0.1) is 6.92 Å². The second kappa shape index (κ2) is 11.8. The van der Waals surface area contributed by atoms with E-state index >= 15 is 0 Å². The number of rotatable bonds is 10. The molecule has 1 atom stereocenters. The summed E-state index contributed by atoms with van der Waals surface area (Å²) in [6.07, 6.45) is 4.72. The number of urea groups is 1. The lowest BCUT2D eigenvalue weighted by Gasteiger charge is -2.22. The fourth-order valence-electron chi connectivity index (χ4n) is 3.93. The summed E-state index contributed by atoms with van der Waals surface area (Å²) in [6, 6.07) is 14.9. The monoisotopic (exact) mass is 408 g/mol. The van der Waals surface area contributed by atoms with Crippen molar-refractivity contribution in [3.05, 3.63) is 64.7 Å². The van der Waals surface area contributed by atoms with Gasteiger partial charge in [0.15, 0.2) is 0 Å². The smallest absolute Gasteiger partial charge is 0.319 e. The zero-order chi connectivity index (χ0) is 22.1. The number of hydrogen-bond donors (Lipinski definition) is 2. The first kappa shape index (κ1) is 24.0. The summed E-state index contributed by atoms with van der Waals surface area (Å²) in [5.74, 6) is 1.05. The molecule has 2 aromatic carbocycles. The van der Waals surface area contributed by atoms with Crippen LogP contribution in [0.4, 0.5) is 10.5 Å². The molecule has 3 nitrogen and oxygen atoms in total. The Morgan fingerprint density at radius 2 is 1.50 bits per heavy atom. The maximum atomic E-state index is 12.9. The number of hydrogen-bond acceptors (Lipinski definition) is 1. The van der Waals surface area contributed by atoms with Gasteiger partial charge in [-0.25, -0.2) is 4.79 Å². The number of carbonyl (C=O) groups excluding carboxylic acids is 1. The molecule has 3 heteroatoms. The van der Waals surface area contributed by atoms with Crippen molar-refractivity contribution in [1.29, 1.82) is 0 Å². The lowest BCUT2D eigenvalue weighted by atomic mass is 9.92. The molecule has 2 N–H and O–H groups in total. The van der Waals surface area contributed by atoms with Crippen LogP contribution in [0.2, 0.25) is 0 Å². The normalized spacial score (nSPS) is 12.3. The number of para-hydroxylation sites is 1. The van der Waals surface area contributed by atoms with E-state index in [0.29, 0.717) is 24.3 Å². The number of benzene rings is 2. The average Bonchev–Trinajstić information content (AvgIpc) is 2.71. The van der Waals surface area contributed by atoms with Crippen molar-refractivity contribution in [3.63, 3.8) is 0 Å². The third-order valence-electron chi connectivity index (χ3n) is 5.83. The molecule has 0 aromatic heterocycles. The SMILES string of the molecule is CCCCCC(CNC(=O)Nc1c(C(C)C)cccc1C(C)C)c1ccc(C)cc1. The molecular formula is C27H40N2O. The Labute approximate surface area is 183 Å². The van der Waals surface area contributed by atoms with E-state index in [1.54, 1.807) is 0 Å². The van der Waals surface area contributed by atoms with Crippen LogP contribution < -0.4 is 10.6 Å². The lowest BCUT2D eigenvalue weighted by Crippen LogP contribution is -2.33. The molecule has 0 aliphatic rings. The molecule has 2 aromatic rings. The van der Waals surface area contributed by atoms with E-state index in [2.05, 4.69) is 94.6 Å². The average molecular weight is 409 g/mol. The Morgan fingerprint density at radius 1 is 0.900 bits per heavy atom. The molecular weight excluding hydrogens is 368 g/mol. The van der Waals surface area contributed by atoms with Gasteiger partial charge in [0.05, 0.1) is 0 Å². The molecule has 0 heterocycles. The van der Waals surface area contributed by atoms with Crippen LogP contribution >= 0.6 is 0 Å². The summed E-state index contributed by atoms with van der Waals surface area (Å²) in [5, 5.41) is 6.33. The zero-order valence-electron chi connectivity index (χ0n) is 19.7. The molecule has 0 bridgehead atoms. The molecule has 0 saturated carbocycles. The highest BCUT2D eigenvalue weighted by molar-refractivity contribution is 5.91. The number of aryl methyl sites for hydroxylation is 1. The quantitative estimate of drug-likeness (QED) is 0.388. The van der Waals surface area contributed by atoms with E-state index in [1.165, 1.54) is 41.5 Å². The molecule has 0 aliphatic carbocycles. The fourth-order valence-corrected chi connectivity index (χ4v) is 3.93. The molecule has 0 fully saturated rings. The van der Waals surface area contributed by atoms with Gasteiger partial charge in [0, 0.05) is 18.2 Å². The molecule has 0 aliphatic heterocycles. The second-order valence-electron chi connectivity index (χ2n) is 9.06. The van der Waals surface area contributed by atoms with Crippen molar-refractivity contribution in [1.82, 2.24) is 5.32 Å². The molecule has 2 rings (SSSR count). The molecule has 1 unspecified atom stereocenters. The van der Waals surface area contributed by atoms with Gasteiger partial charge in [0.2, 0.25) is 0 Å². The van der Waals surface area contributed by atoms with Crippen molar-refractivity contribution >= 4 is 11.7 Å². The summed E-state index contributed by atoms with van der Waals surface area (Å²) in [4.78, 5) is 12.9. The molecule has 2 amide bonds. The summed E-state index contributed by atoms with van der Waals surface area (Å²) in [6.45, 7) is 13.7. The zero-order valence-corrected chi connectivity index (χ0v) is 19.7. The van der Waals surface area contributed by atoms with E-state index in [9.17, 15) is 4.79 Å². The Bertz CT molecular complexity index is 767. The van der Waals surface area contributed by atoms with Crippen molar-refractivity contribution in [2.45, 2.75) is 85.0 Å². The minimum absolute atomic E-state index is 0.113. The highest BCUT2D eigenvalue weighted by Crippen LogP contribution is 2.32. The van der Waals surface area contributed by atoms with Gasteiger partial charge in [-0.15, -0.1) is 0 Å². The highest BCUT2D eigenvalue weighted by atomic mass is 16.2. The summed E-state index contributed by atoms with van der Waals surface area (Å²) < 4.78 is 0. The van der Waals surface area contributed by atoms with E-state index in [-0.39, 0.29) is 6.03 Å². The summed E-state index contributed by atoms with van der Waals surface area (Å²) in [5.41, 5.74) is 5.92.